The maximum atomic E-state index is 11.3. The number of ether oxygens (including phenoxy) is 3. The summed E-state index contributed by atoms with van der Waals surface area (Å²) in [5.74, 6) is 0.248. The Morgan fingerprint density at radius 2 is 1.56 bits per heavy atom. The summed E-state index contributed by atoms with van der Waals surface area (Å²) in [4.78, 5) is 22.5. The van der Waals surface area contributed by atoms with Gasteiger partial charge < -0.3 is 14.2 Å². The van der Waals surface area contributed by atoms with Gasteiger partial charge in [-0.2, -0.15) is 0 Å². The number of rotatable bonds is 13. The predicted octanol–water partition coefficient (Wildman–Crippen LogP) is 4.07. The third-order valence-corrected chi connectivity index (χ3v) is 3.71. The van der Waals surface area contributed by atoms with Crippen molar-refractivity contribution in [1.29, 1.82) is 0 Å². The van der Waals surface area contributed by atoms with Crippen molar-refractivity contribution in [3.05, 3.63) is 29.8 Å². The lowest BCUT2D eigenvalue weighted by atomic mass is 10.0. The predicted molar refractivity (Wildman–Crippen MR) is 96.6 cm³/mol. The molecule has 0 saturated heterocycles. The standard InChI is InChI=1S/C20H30O5/c1-3-23-19(21)14-9-7-5-6-8-11-17-12-10-13-18(15-17)25-16-20(22)24-4-2/h10,12-13,15H,3-9,11,14,16H2,1-2H3. The molecule has 140 valence electrons. The normalized spacial score (nSPS) is 10.3. The van der Waals surface area contributed by atoms with Crippen molar-refractivity contribution < 1.29 is 23.8 Å². The molecule has 5 heteroatoms. The van der Waals surface area contributed by atoms with Crippen LogP contribution >= 0.6 is 0 Å². The first-order valence-electron chi connectivity index (χ1n) is 9.18. The molecule has 0 fully saturated rings. The summed E-state index contributed by atoms with van der Waals surface area (Å²) in [6.45, 7) is 4.37. The molecule has 0 heterocycles. The fraction of sp³-hybridized carbons (Fsp3) is 0.600. The third-order valence-electron chi connectivity index (χ3n) is 3.71. The van der Waals surface area contributed by atoms with E-state index in [2.05, 4.69) is 6.07 Å². The Bertz CT molecular complexity index is 513. The molecule has 0 aliphatic heterocycles. The smallest absolute Gasteiger partial charge is 0.344 e. The molecule has 0 N–H and O–H groups in total. The van der Waals surface area contributed by atoms with Crippen LogP contribution < -0.4 is 4.74 Å². The second-order valence-electron chi connectivity index (χ2n) is 5.81. The van der Waals surface area contributed by atoms with Crippen LogP contribution in [-0.2, 0) is 25.5 Å². The average molecular weight is 350 g/mol. The molecule has 1 aromatic rings. The van der Waals surface area contributed by atoms with Gasteiger partial charge in [0.2, 0.25) is 0 Å². The van der Waals surface area contributed by atoms with Gasteiger partial charge in [0.05, 0.1) is 13.2 Å². The zero-order chi connectivity index (χ0) is 18.3. The zero-order valence-corrected chi connectivity index (χ0v) is 15.4. The number of hydrogen-bond acceptors (Lipinski definition) is 5. The van der Waals surface area contributed by atoms with E-state index >= 15 is 0 Å². The molecule has 0 aromatic heterocycles. The van der Waals surface area contributed by atoms with E-state index in [4.69, 9.17) is 14.2 Å². The first kappa shape index (κ1) is 21.0. The second-order valence-corrected chi connectivity index (χ2v) is 5.81. The molecular weight excluding hydrogens is 320 g/mol. The number of unbranched alkanes of at least 4 members (excludes halogenated alkanes) is 4. The van der Waals surface area contributed by atoms with Crippen LogP contribution in [0.25, 0.3) is 0 Å². The molecule has 0 radical (unpaired) electrons. The Morgan fingerprint density at radius 1 is 0.880 bits per heavy atom. The van der Waals surface area contributed by atoms with Gasteiger partial charge in [0, 0.05) is 6.42 Å². The van der Waals surface area contributed by atoms with E-state index in [0.717, 1.165) is 38.5 Å². The number of benzene rings is 1. The Hall–Kier alpha value is -2.04. The van der Waals surface area contributed by atoms with Crippen molar-refractivity contribution in [2.75, 3.05) is 19.8 Å². The molecule has 1 aromatic carbocycles. The number of esters is 2. The van der Waals surface area contributed by atoms with Crippen LogP contribution in [0, 0.1) is 0 Å². The van der Waals surface area contributed by atoms with Gasteiger partial charge in [0.1, 0.15) is 5.75 Å². The van der Waals surface area contributed by atoms with Gasteiger partial charge in [-0.25, -0.2) is 4.79 Å². The van der Waals surface area contributed by atoms with Crippen molar-refractivity contribution in [2.45, 2.75) is 58.8 Å². The highest BCUT2D eigenvalue weighted by molar-refractivity contribution is 5.71. The van der Waals surface area contributed by atoms with Crippen molar-refractivity contribution in [3.63, 3.8) is 0 Å². The van der Waals surface area contributed by atoms with Gasteiger partial charge in [-0.1, -0.05) is 31.4 Å². The van der Waals surface area contributed by atoms with Crippen molar-refractivity contribution in [3.8, 4) is 5.75 Å². The lowest BCUT2D eigenvalue weighted by molar-refractivity contribution is -0.145. The maximum Gasteiger partial charge on any atom is 0.344 e. The topological polar surface area (TPSA) is 61.8 Å². The Kier molecular flexibility index (Phi) is 11.2. The lowest BCUT2D eigenvalue weighted by Crippen LogP contribution is -2.14. The Morgan fingerprint density at radius 3 is 2.32 bits per heavy atom. The lowest BCUT2D eigenvalue weighted by Gasteiger charge is -2.08. The minimum atomic E-state index is -0.351. The van der Waals surface area contributed by atoms with Gasteiger partial charge in [-0.3, -0.25) is 4.79 Å². The maximum absolute atomic E-state index is 11.3. The minimum Gasteiger partial charge on any atom is -0.482 e. The molecule has 0 aliphatic carbocycles. The second kappa shape index (κ2) is 13.3. The fourth-order valence-corrected chi connectivity index (χ4v) is 2.50. The molecule has 0 atom stereocenters. The summed E-state index contributed by atoms with van der Waals surface area (Å²) >= 11 is 0. The van der Waals surface area contributed by atoms with Crippen molar-refractivity contribution in [1.82, 2.24) is 0 Å². The average Bonchev–Trinajstić information content (AvgIpc) is 2.60. The van der Waals surface area contributed by atoms with Crippen LogP contribution in [0.15, 0.2) is 24.3 Å². The quantitative estimate of drug-likeness (QED) is 0.396. The fourth-order valence-electron chi connectivity index (χ4n) is 2.50. The molecule has 0 aliphatic rings. The number of hydrogen-bond donors (Lipinski definition) is 0. The van der Waals surface area contributed by atoms with Crippen LogP contribution in [-0.4, -0.2) is 31.8 Å². The van der Waals surface area contributed by atoms with E-state index in [9.17, 15) is 9.59 Å². The summed E-state index contributed by atoms with van der Waals surface area (Å²) in [6, 6.07) is 7.82. The van der Waals surface area contributed by atoms with Crippen LogP contribution in [0.1, 0.15) is 57.9 Å². The number of aryl methyl sites for hydroxylation is 1. The highest BCUT2D eigenvalue weighted by Crippen LogP contribution is 2.16. The SMILES string of the molecule is CCOC(=O)CCCCCCCc1cccc(OCC(=O)OCC)c1. The van der Waals surface area contributed by atoms with Gasteiger partial charge in [0.25, 0.3) is 0 Å². The van der Waals surface area contributed by atoms with E-state index < -0.39 is 0 Å². The molecule has 0 bridgehead atoms. The minimum absolute atomic E-state index is 0.0578. The molecule has 0 saturated carbocycles. The van der Waals surface area contributed by atoms with Crippen LogP contribution in [0.5, 0.6) is 5.75 Å². The van der Waals surface area contributed by atoms with E-state index in [1.54, 1.807) is 6.92 Å². The van der Waals surface area contributed by atoms with E-state index in [0.29, 0.717) is 25.4 Å². The number of carbonyl (C=O) groups is 2. The van der Waals surface area contributed by atoms with Crippen LogP contribution in [0.4, 0.5) is 0 Å². The highest BCUT2D eigenvalue weighted by atomic mass is 16.6. The first-order valence-corrected chi connectivity index (χ1v) is 9.18. The van der Waals surface area contributed by atoms with E-state index in [-0.39, 0.29) is 18.5 Å². The van der Waals surface area contributed by atoms with Crippen molar-refractivity contribution in [2.24, 2.45) is 0 Å². The molecule has 5 nitrogen and oxygen atoms in total. The van der Waals surface area contributed by atoms with Crippen LogP contribution in [0.2, 0.25) is 0 Å². The summed E-state index contributed by atoms with van der Waals surface area (Å²) in [5, 5.41) is 0. The van der Waals surface area contributed by atoms with Gasteiger partial charge in [0.15, 0.2) is 6.61 Å². The molecule has 25 heavy (non-hydrogen) atoms. The number of carbonyl (C=O) groups excluding carboxylic acids is 2. The molecule has 0 spiro atoms. The first-order chi connectivity index (χ1) is 12.2. The molecule has 1 rings (SSSR count). The summed E-state index contributed by atoms with van der Waals surface area (Å²) in [5.41, 5.74) is 1.20. The Balaban J connectivity index is 2.15. The summed E-state index contributed by atoms with van der Waals surface area (Å²) in [7, 11) is 0. The molecule has 0 unspecified atom stereocenters. The van der Waals surface area contributed by atoms with Crippen LogP contribution in [0.3, 0.4) is 0 Å². The van der Waals surface area contributed by atoms with Crippen molar-refractivity contribution >= 4 is 11.9 Å². The third kappa shape index (κ3) is 10.4. The van der Waals surface area contributed by atoms with Gasteiger partial charge in [-0.15, -0.1) is 0 Å². The Labute approximate surface area is 150 Å². The largest absolute Gasteiger partial charge is 0.482 e. The zero-order valence-electron chi connectivity index (χ0n) is 15.4. The summed E-state index contributed by atoms with van der Waals surface area (Å²) < 4.78 is 15.2. The molecular formula is C20H30O5. The highest BCUT2D eigenvalue weighted by Gasteiger charge is 2.04. The van der Waals surface area contributed by atoms with E-state index in [1.165, 1.54) is 5.56 Å². The van der Waals surface area contributed by atoms with E-state index in [1.807, 2.05) is 25.1 Å². The monoisotopic (exact) mass is 350 g/mol. The molecule has 0 amide bonds. The van der Waals surface area contributed by atoms with Gasteiger partial charge >= 0.3 is 11.9 Å². The van der Waals surface area contributed by atoms with Gasteiger partial charge in [-0.05, 0) is 50.8 Å². The summed E-state index contributed by atoms with van der Waals surface area (Å²) in [6.07, 6.45) is 6.82.